The molecule has 0 aliphatic carbocycles. The van der Waals surface area contributed by atoms with Gasteiger partial charge in [-0.3, -0.25) is 19.6 Å². The lowest BCUT2D eigenvalue weighted by atomic mass is 10.2. The monoisotopic (exact) mass is 448 g/mol. The molecule has 0 atom stereocenters. The Morgan fingerprint density at radius 2 is 1.79 bits per heavy atom. The first kappa shape index (κ1) is 19.5. The second-order valence-corrected chi connectivity index (χ2v) is 8.93. The predicted octanol–water partition coefficient (Wildman–Crippen LogP) is 3.78. The van der Waals surface area contributed by atoms with E-state index in [-0.39, 0.29) is 21.0 Å². The Morgan fingerprint density at radius 3 is 2.48 bits per heavy atom. The molecule has 148 valence electrons. The average molecular weight is 449 g/mol. The number of nitrogens with zero attached hydrogens (tertiary/aromatic N) is 3. The molecule has 0 saturated carbocycles. The summed E-state index contributed by atoms with van der Waals surface area (Å²) < 4.78 is 27.7. The summed E-state index contributed by atoms with van der Waals surface area (Å²) in [6.45, 7) is 0.322. The summed E-state index contributed by atoms with van der Waals surface area (Å²) in [6, 6.07) is 16.0. The molecule has 0 aliphatic heterocycles. The smallest absolute Gasteiger partial charge is 0.278 e. The van der Waals surface area contributed by atoms with Crippen LogP contribution in [0.5, 0.6) is 0 Å². The highest BCUT2D eigenvalue weighted by Crippen LogP contribution is 2.34. The number of fused-ring (bicyclic) bond motifs is 1. The minimum absolute atomic E-state index is 0.00722. The summed E-state index contributed by atoms with van der Waals surface area (Å²) in [5.74, 6) is 0. The Hall–Kier alpha value is -2.81. The van der Waals surface area contributed by atoms with Crippen LogP contribution < -0.4 is 9.38 Å². The Kier molecular flexibility index (Phi) is 5.08. The summed E-state index contributed by atoms with van der Waals surface area (Å²) in [5.41, 5.74) is 0.852. The van der Waals surface area contributed by atoms with Crippen molar-refractivity contribution in [2.45, 2.75) is 11.4 Å². The first-order chi connectivity index (χ1) is 13.9. The van der Waals surface area contributed by atoms with E-state index in [1.807, 2.05) is 12.1 Å². The number of halogens is 2. The van der Waals surface area contributed by atoms with Crippen LogP contribution in [0.3, 0.4) is 0 Å². The summed E-state index contributed by atoms with van der Waals surface area (Å²) >= 11 is 12.5. The van der Waals surface area contributed by atoms with E-state index < -0.39 is 15.6 Å². The van der Waals surface area contributed by atoms with Crippen molar-refractivity contribution in [2.75, 3.05) is 3.82 Å². The molecule has 4 aromatic rings. The van der Waals surface area contributed by atoms with Gasteiger partial charge in [0.25, 0.3) is 15.6 Å². The Morgan fingerprint density at radius 1 is 1.07 bits per heavy atom. The lowest BCUT2D eigenvalue weighted by molar-refractivity contribution is 0.598. The standard InChI is InChI=1S/C19H14Cl2N4O3S/c20-16-11-17-15(19(26)23-24(17)12-13-6-4-5-9-22-13)10-18(16)25(21)29(27,28)14-7-2-1-3-8-14/h1-11H,12H2,(H,23,26). The Labute approximate surface area is 176 Å². The summed E-state index contributed by atoms with van der Waals surface area (Å²) in [6.07, 6.45) is 1.66. The van der Waals surface area contributed by atoms with Crippen LogP contribution in [0.1, 0.15) is 5.69 Å². The minimum Gasteiger partial charge on any atom is -0.278 e. The second kappa shape index (κ2) is 7.55. The van der Waals surface area contributed by atoms with Gasteiger partial charge in [-0.05, 0) is 36.4 Å². The van der Waals surface area contributed by atoms with Gasteiger partial charge in [-0.25, -0.2) is 0 Å². The SMILES string of the molecule is O=c1[nH]n(Cc2ccccn2)c2cc(Cl)c(N(Cl)S(=O)(=O)c3ccccc3)cc12. The molecule has 29 heavy (non-hydrogen) atoms. The van der Waals surface area contributed by atoms with E-state index in [9.17, 15) is 13.2 Å². The van der Waals surface area contributed by atoms with Crippen molar-refractivity contribution in [2.24, 2.45) is 0 Å². The molecule has 0 radical (unpaired) electrons. The highest BCUT2D eigenvalue weighted by Gasteiger charge is 2.26. The number of aromatic nitrogens is 3. The van der Waals surface area contributed by atoms with Crippen LogP contribution >= 0.6 is 23.4 Å². The molecule has 2 heterocycles. The number of hydrogen-bond donors (Lipinski definition) is 1. The van der Waals surface area contributed by atoms with Crippen molar-refractivity contribution in [1.82, 2.24) is 14.8 Å². The fourth-order valence-electron chi connectivity index (χ4n) is 2.93. The average Bonchev–Trinajstić information content (AvgIpc) is 3.02. The van der Waals surface area contributed by atoms with Crippen molar-refractivity contribution >= 4 is 50.0 Å². The van der Waals surface area contributed by atoms with Crippen molar-refractivity contribution < 1.29 is 8.42 Å². The first-order valence-electron chi connectivity index (χ1n) is 8.46. The first-order valence-corrected chi connectivity index (χ1v) is 10.6. The van der Waals surface area contributed by atoms with Gasteiger partial charge in [-0.15, -0.1) is 0 Å². The van der Waals surface area contributed by atoms with Gasteiger partial charge in [-0.2, -0.15) is 12.2 Å². The second-order valence-electron chi connectivity index (χ2n) is 6.20. The molecule has 1 N–H and O–H groups in total. The number of anilines is 1. The number of pyridine rings is 1. The normalized spacial score (nSPS) is 11.7. The maximum Gasteiger partial charge on any atom is 0.278 e. The maximum absolute atomic E-state index is 12.8. The zero-order chi connectivity index (χ0) is 20.6. The highest BCUT2D eigenvalue weighted by atomic mass is 35.5. The van der Waals surface area contributed by atoms with Crippen molar-refractivity contribution in [3.63, 3.8) is 0 Å². The molecule has 0 bridgehead atoms. The molecule has 10 heteroatoms. The number of sulfonamides is 1. The predicted molar refractivity (Wildman–Crippen MR) is 113 cm³/mol. The van der Waals surface area contributed by atoms with Gasteiger partial charge in [0.2, 0.25) is 0 Å². The van der Waals surface area contributed by atoms with E-state index >= 15 is 0 Å². The van der Waals surface area contributed by atoms with E-state index in [0.717, 1.165) is 5.69 Å². The maximum atomic E-state index is 12.8. The molecular weight excluding hydrogens is 435 g/mol. The Balaban J connectivity index is 1.79. The number of benzene rings is 2. The van der Waals surface area contributed by atoms with Crippen LogP contribution in [-0.2, 0) is 16.6 Å². The van der Waals surface area contributed by atoms with Crippen LogP contribution in [0.4, 0.5) is 5.69 Å². The largest absolute Gasteiger partial charge is 0.278 e. The third-order valence-electron chi connectivity index (χ3n) is 4.32. The van der Waals surface area contributed by atoms with Gasteiger partial charge in [0.05, 0.1) is 38.7 Å². The number of nitrogens with one attached hydrogen (secondary N) is 1. The fraction of sp³-hybridized carbons (Fsp3) is 0.0526. The van der Waals surface area contributed by atoms with Gasteiger partial charge in [0, 0.05) is 18.0 Å². The zero-order valence-electron chi connectivity index (χ0n) is 14.8. The van der Waals surface area contributed by atoms with Crippen molar-refractivity contribution in [3.05, 3.63) is 87.9 Å². The quantitative estimate of drug-likeness (QED) is 0.470. The molecule has 0 aliphatic rings. The number of H-pyrrole nitrogens is 1. The fourth-order valence-corrected chi connectivity index (χ4v) is 4.74. The molecule has 0 unspecified atom stereocenters. The topological polar surface area (TPSA) is 88.1 Å². The van der Waals surface area contributed by atoms with Crippen molar-refractivity contribution in [1.29, 1.82) is 0 Å². The molecule has 0 fully saturated rings. The van der Waals surface area contributed by atoms with E-state index in [0.29, 0.717) is 15.9 Å². The molecule has 2 aromatic carbocycles. The molecule has 4 rings (SSSR count). The highest BCUT2D eigenvalue weighted by molar-refractivity contribution is 7.94. The molecule has 7 nitrogen and oxygen atoms in total. The zero-order valence-corrected chi connectivity index (χ0v) is 17.1. The summed E-state index contributed by atoms with van der Waals surface area (Å²) in [7, 11) is -4.05. The van der Waals surface area contributed by atoms with Crippen LogP contribution in [0, 0.1) is 0 Å². The van der Waals surface area contributed by atoms with Crippen LogP contribution in [0.15, 0.2) is 76.6 Å². The van der Waals surface area contributed by atoms with Crippen LogP contribution in [0.25, 0.3) is 10.9 Å². The van der Waals surface area contributed by atoms with E-state index in [1.165, 1.54) is 24.3 Å². The van der Waals surface area contributed by atoms with Gasteiger partial charge in [0.1, 0.15) is 0 Å². The van der Waals surface area contributed by atoms with Gasteiger partial charge < -0.3 is 0 Å². The number of rotatable bonds is 5. The molecule has 0 saturated heterocycles. The molecule has 2 aromatic heterocycles. The van der Waals surface area contributed by atoms with Crippen LogP contribution in [0.2, 0.25) is 5.02 Å². The van der Waals surface area contributed by atoms with Crippen molar-refractivity contribution in [3.8, 4) is 0 Å². The Bertz CT molecular complexity index is 1340. The minimum atomic E-state index is -4.05. The summed E-state index contributed by atoms with van der Waals surface area (Å²) in [4.78, 5) is 16.7. The molecule has 0 spiro atoms. The molecule has 0 amide bonds. The van der Waals surface area contributed by atoms with E-state index in [4.69, 9.17) is 23.4 Å². The van der Waals surface area contributed by atoms with Gasteiger partial charge in [-0.1, -0.05) is 35.9 Å². The van der Waals surface area contributed by atoms with E-state index in [2.05, 4.69) is 10.1 Å². The lowest BCUT2D eigenvalue weighted by Crippen LogP contribution is -2.21. The van der Waals surface area contributed by atoms with Gasteiger partial charge in [0.15, 0.2) is 0 Å². The van der Waals surface area contributed by atoms with Crippen LogP contribution in [-0.4, -0.2) is 23.2 Å². The van der Waals surface area contributed by atoms with E-state index in [1.54, 1.807) is 35.1 Å². The van der Waals surface area contributed by atoms with Gasteiger partial charge >= 0.3 is 0 Å². The lowest BCUT2D eigenvalue weighted by Gasteiger charge is -2.17. The third-order valence-corrected chi connectivity index (χ3v) is 6.84. The summed E-state index contributed by atoms with van der Waals surface area (Å²) in [5, 5.41) is 3.06. The number of hydrogen-bond acceptors (Lipinski definition) is 4. The molecular formula is C19H14Cl2N4O3S. The number of aromatic amines is 1. The third kappa shape index (κ3) is 3.62.